The maximum absolute atomic E-state index is 12.4. The van der Waals surface area contributed by atoms with Crippen LogP contribution in [0.25, 0.3) is 0 Å². The Morgan fingerprint density at radius 3 is 2.68 bits per heavy atom. The number of thioether (sulfide) groups is 1. The van der Waals surface area contributed by atoms with E-state index >= 15 is 0 Å². The lowest BCUT2D eigenvalue weighted by atomic mass is 10.1. The van der Waals surface area contributed by atoms with Gasteiger partial charge in [0.15, 0.2) is 11.7 Å². The normalized spacial score (nSPS) is 22.8. The molecule has 0 bridgehead atoms. The molecule has 132 valence electrons. The quantitative estimate of drug-likeness (QED) is 0.178. The number of ether oxygens (including phenoxy) is 1. The second-order valence-corrected chi connectivity index (χ2v) is 7.90. The second-order valence-electron chi connectivity index (χ2n) is 5.72. The van der Waals surface area contributed by atoms with E-state index in [1.165, 1.54) is 23.6 Å². The summed E-state index contributed by atoms with van der Waals surface area (Å²) in [6, 6.07) is 7.38. The number of carbonyl (C=O) groups is 2. The van der Waals surface area contributed by atoms with E-state index in [1.54, 1.807) is 0 Å². The molecule has 3 rings (SSSR count). The minimum atomic E-state index is -0.687. The molecule has 2 heterocycles. The summed E-state index contributed by atoms with van der Waals surface area (Å²) in [5.41, 5.74) is 1.99. The van der Waals surface area contributed by atoms with E-state index in [4.69, 9.17) is 4.74 Å². The van der Waals surface area contributed by atoms with E-state index in [0.29, 0.717) is 4.43 Å². The highest BCUT2D eigenvalue weighted by atomic mass is 127. The van der Waals surface area contributed by atoms with Crippen LogP contribution in [0.3, 0.4) is 0 Å². The molecule has 2 aliphatic heterocycles. The molecule has 1 fully saturated rings. The van der Waals surface area contributed by atoms with Gasteiger partial charge in [0.25, 0.3) is 5.91 Å². The number of allylic oxidation sites excluding steroid dienone is 1. The van der Waals surface area contributed by atoms with Crippen molar-refractivity contribution in [2.75, 3.05) is 11.0 Å². The van der Waals surface area contributed by atoms with Gasteiger partial charge in [-0.15, -0.1) is 0 Å². The van der Waals surface area contributed by atoms with Gasteiger partial charge in [0.2, 0.25) is 0 Å². The number of esters is 1. The summed E-state index contributed by atoms with van der Waals surface area (Å²) in [6.45, 7) is 3.61. The molecule has 2 unspecified atom stereocenters. The van der Waals surface area contributed by atoms with E-state index < -0.39 is 12.0 Å². The van der Waals surface area contributed by atoms with Crippen molar-refractivity contribution in [1.29, 1.82) is 0 Å². The molecule has 1 aromatic rings. The van der Waals surface area contributed by atoms with Crippen LogP contribution in [0, 0.1) is 6.92 Å². The third-order valence-electron chi connectivity index (χ3n) is 3.89. The number of carbonyl (C=O) groups excluding carboxylic acids is 2. The predicted molar refractivity (Wildman–Crippen MR) is 105 cm³/mol. The van der Waals surface area contributed by atoms with Gasteiger partial charge in [0.05, 0.1) is 0 Å². The highest BCUT2D eigenvalue weighted by Gasteiger charge is 2.55. The monoisotopic (exact) mass is 472 g/mol. The zero-order valence-corrected chi connectivity index (χ0v) is 16.7. The topological polar surface area (TPSA) is 79.2 Å². The van der Waals surface area contributed by atoms with Gasteiger partial charge in [-0.2, -0.15) is 0 Å². The van der Waals surface area contributed by atoms with Crippen LogP contribution < -0.4 is 0 Å². The van der Waals surface area contributed by atoms with Crippen LogP contribution in [0.15, 0.2) is 40.7 Å². The second kappa shape index (κ2) is 7.36. The van der Waals surface area contributed by atoms with E-state index in [1.807, 2.05) is 31.2 Å². The van der Waals surface area contributed by atoms with Crippen molar-refractivity contribution in [2.45, 2.75) is 25.3 Å². The number of halogens is 1. The van der Waals surface area contributed by atoms with Gasteiger partial charge in [0, 0.05) is 9.99 Å². The number of β-lactam (4-membered cyclic amide) rings is 1. The number of aliphatic hydroxyl groups is 1. The summed E-state index contributed by atoms with van der Waals surface area (Å²) >= 11 is 3.50. The van der Waals surface area contributed by atoms with E-state index in [0.717, 1.165) is 16.2 Å². The number of aliphatic imine (C=N–C) groups is 1. The molecule has 0 radical (unpaired) electrons. The molecule has 1 saturated heterocycles. The van der Waals surface area contributed by atoms with E-state index in [2.05, 4.69) is 27.6 Å². The van der Waals surface area contributed by atoms with Crippen LogP contribution in [0.1, 0.15) is 18.1 Å². The summed E-state index contributed by atoms with van der Waals surface area (Å²) in [7, 11) is 0. The Morgan fingerprint density at radius 2 is 2.08 bits per heavy atom. The van der Waals surface area contributed by atoms with Gasteiger partial charge >= 0.3 is 5.97 Å². The molecular weight excluding hydrogens is 455 g/mol. The molecule has 6 nitrogen and oxygen atoms in total. The van der Waals surface area contributed by atoms with Crippen molar-refractivity contribution in [3.8, 4) is 0 Å². The number of aliphatic hydroxyl groups excluding tert-OH is 1. The highest BCUT2D eigenvalue weighted by molar-refractivity contribution is 14.1. The van der Waals surface area contributed by atoms with E-state index in [9.17, 15) is 14.7 Å². The molecular formula is C17H17IN2O4S. The fourth-order valence-electron chi connectivity index (χ4n) is 2.65. The first-order valence-corrected chi connectivity index (χ1v) is 10.1. The number of nitrogens with zero attached hydrogens (tertiary/aromatic N) is 2. The molecule has 1 amide bonds. The van der Waals surface area contributed by atoms with Crippen LogP contribution in [-0.4, -0.2) is 49.4 Å². The van der Waals surface area contributed by atoms with Crippen molar-refractivity contribution in [2.24, 2.45) is 4.99 Å². The van der Waals surface area contributed by atoms with Crippen molar-refractivity contribution in [3.05, 3.63) is 46.8 Å². The number of hydrogen-bond donors (Lipinski definition) is 1. The van der Waals surface area contributed by atoms with Crippen LogP contribution in [0.4, 0.5) is 0 Å². The standard InChI is InChI=1S/C17H17IN2O4S/c1-9-3-5-11(6-4-9)14-19-12-15(22)20(16(12)25-14)13(10(2)21)17(23)24-8-7-18/h3-6,12,16,21H,7-8H2,1-2H3. The number of hydrogen-bond acceptors (Lipinski definition) is 6. The third-order valence-corrected chi connectivity index (χ3v) is 5.60. The Kier molecular flexibility index (Phi) is 5.38. The van der Waals surface area contributed by atoms with Crippen LogP contribution >= 0.6 is 34.4 Å². The first-order valence-electron chi connectivity index (χ1n) is 7.71. The molecule has 1 N–H and O–H groups in total. The summed E-state index contributed by atoms with van der Waals surface area (Å²) in [5, 5.41) is 10.3. The van der Waals surface area contributed by atoms with Gasteiger partial charge in [0.1, 0.15) is 22.8 Å². The average Bonchev–Trinajstić information content (AvgIpc) is 2.98. The smallest absolute Gasteiger partial charge is 0.358 e. The van der Waals surface area contributed by atoms with E-state index in [-0.39, 0.29) is 29.3 Å². The highest BCUT2D eigenvalue weighted by Crippen LogP contribution is 2.43. The maximum atomic E-state index is 12.4. The lowest BCUT2D eigenvalue weighted by Gasteiger charge is -2.41. The fourth-order valence-corrected chi connectivity index (χ4v) is 4.17. The van der Waals surface area contributed by atoms with Crippen LogP contribution in [0.5, 0.6) is 0 Å². The van der Waals surface area contributed by atoms with Crippen LogP contribution in [-0.2, 0) is 14.3 Å². The molecule has 2 atom stereocenters. The molecule has 0 saturated carbocycles. The number of benzene rings is 1. The zero-order valence-electron chi connectivity index (χ0n) is 13.7. The van der Waals surface area contributed by atoms with Crippen molar-refractivity contribution < 1.29 is 19.4 Å². The molecule has 25 heavy (non-hydrogen) atoms. The van der Waals surface area contributed by atoms with Gasteiger partial charge in [-0.3, -0.25) is 14.7 Å². The summed E-state index contributed by atoms with van der Waals surface area (Å²) in [6.07, 6.45) is 0. The number of alkyl halides is 1. The number of rotatable bonds is 5. The maximum Gasteiger partial charge on any atom is 0.358 e. The Hall–Kier alpha value is -1.55. The molecule has 0 aromatic heterocycles. The predicted octanol–water partition coefficient (Wildman–Crippen LogP) is 2.79. The Bertz CT molecular complexity index is 771. The molecule has 8 heteroatoms. The number of likely N-dealkylation sites (tertiary alicyclic amines) is 1. The number of amides is 1. The minimum absolute atomic E-state index is 0.0936. The lowest BCUT2D eigenvalue weighted by Crippen LogP contribution is -2.61. The number of aryl methyl sites for hydroxylation is 1. The SMILES string of the molecule is CC(O)=C(C(=O)OCCI)N1C(=O)C2N=C(c3ccc(C)cc3)SC21. The first-order chi connectivity index (χ1) is 11.9. The zero-order chi connectivity index (χ0) is 18.1. The molecule has 0 spiro atoms. The van der Waals surface area contributed by atoms with Gasteiger partial charge in [-0.05, 0) is 13.8 Å². The lowest BCUT2D eigenvalue weighted by molar-refractivity contribution is -0.150. The molecule has 2 aliphatic rings. The third kappa shape index (κ3) is 3.41. The molecule has 1 aromatic carbocycles. The van der Waals surface area contributed by atoms with Gasteiger partial charge in [-0.1, -0.05) is 64.2 Å². The van der Waals surface area contributed by atoms with Crippen molar-refractivity contribution in [1.82, 2.24) is 4.90 Å². The Morgan fingerprint density at radius 1 is 1.40 bits per heavy atom. The van der Waals surface area contributed by atoms with Gasteiger partial charge < -0.3 is 9.84 Å². The Balaban J connectivity index is 1.80. The fraction of sp³-hybridized carbons (Fsp3) is 0.353. The number of fused-ring (bicyclic) bond motifs is 1. The summed E-state index contributed by atoms with van der Waals surface area (Å²) in [5.74, 6) is -1.21. The van der Waals surface area contributed by atoms with Gasteiger partial charge in [-0.25, -0.2) is 4.79 Å². The molecule has 0 aliphatic carbocycles. The summed E-state index contributed by atoms with van der Waals surface area (Å²) in [4.78, 5) is 30.4. The van der Waals surface area contributed by atoms with Crippen LogP contribution in [0.2, 0.25) is 0 Å². The average molecular weight is 472 g/mol. The van der Waals surface area contributed by atoms with Crippen molar-refractivity contribution in [3.63, 3.8) is 0 Å². The Labute approximate surface area is 163 Å². The minimum Gasteiger partial charge on any atom is -0.510 e. The largest absolute Gasteiger partial charge is 0.510 e. The van der Waals surface area contributed by atoms with Crippen molar-refractivity contribution >= 4 is 51.3 Å². The first kappa shape index (κ1) is 18.2. The summed E-state index contributed by atoms with van der Waals surface area (Å²) < 4.78 is 5.72.